The molecule has 0 aliphatic rings. The van der Waals surface area contributed by atoms with Crippen LogP contribution in [0.3, 0.4) is 0 Å². The van der Waals surface area contributed by atoms with Crippen molar-refractivity contribution in [3.8, 4) is 0 Å². The number of carbonyl (C=O) groups excluding carboxylic acids is 1. The van der Waals surface area contributed by atoms with Crippen molar-refractivity contribution in [1.29, 1.82) is 0 Å². The van der Waals surface area contributed by atoms with Crippen LogP contribution in [0.4, 0.5) is 0 Å². The zero-order chi connectivity index (χ0) is 13.7. The Morgan fingerprint density at radius 2 is 2.17 bits per heavy atom. The van der Waals surface area contributed by atoms with Crippen LogP contribution in [0.25, 0.3) is 0 Å². The summed E-state index contributed by atoms with van der Waals surface area (Å²) in [4.78, 5) is 34.0. The van der Waals surface area contributed by atoms with E-state index in [0.717, 1.165) is 0 Å². The van der Waals surface area contributed by atoms with Gasteiger partial charge in [-0.25, -0.2) is 4.79 Å². The fourth-order valence-corrected chi connectivity index (χ4v) is 1.48. The van der Waals surface area contributed by atoms with Crippen LogP contribution >= 0.6 is 0 Å². The van der Waals surface area contributed by atoms with Gasteiger partial charge in [-0.15, -0.1) is 0 Å². The number of hydrogen-bond donors (Lipinski definition) is 2. The summed E-state index contributed by atoms with van der Waals surface area (Å²) in [5.41, 5.74) is -0.148. The molecule has 0 radical (unpaired) electrons. The summed E-state index contributed by atoms with van der Waals surface area (Å²) in [6, 6.07) is 1.73. The predicted molar refractivity (Wildman–Crippen MR) is 65.5 cm³/mol. The van der Waals surface area contributed by atoms with Gasteiger partial charge >= 0.3 is 5.97 Å². The van der Waals surface area contributed by atoms with Crippen molar-refractivity contribution < 1.29 is 14.7 Å². The third kappa shape index (κ3) is 3.44. The van der Waals surface area contributed by atoms with E-state index in [1.165, 1.54) is 22.9 Å². The van der Waals surface area contributed by atoms with E-state index in [1.807, 2.05) is 6.92 Å². The largest absolute Gasteiger partial charge is 0.480 e. The summed E-state index contributed by atoms with van der Waals surface area (Å²) in [6.07, 6.45) is 2.46. The maximum atomic E-state index is 11.8. The lowest BCUT2D eigenvalue weighted by molar-refractivity contribution is -0.139. The van der Waals surface area contributed by atoms with Gasteiger partial charge in [0.2, 0.25) is 0 Å². The van der Waals surface area contributed by atoms with Crippen molar-refractivity contribution in [3.63, 3.8) is 0 Å². The predicted octanol–water partition coefficient (Wildman–Crippen LogP) is 0.368. The van der Waals surface area contributed by atoms with Crippen molar-refractivity contribution in [2.45, 2.75) is 25.8 Å². The van der Waals surface area contributed by atoms with Crippen LogP contribution in [0.5, 0.6) is 0 Å². The fourth-order valence-electron chi connectivity index (χ4n) is 1.48. The van der Waals surface area contributed by atoms with Gasteiger partial charge in [-0.2, -0.15) is 0 Å². The van der Waals surface area contributed by atoms with Crippen LogP contribution < -0.4 is 10.9 Å². The Morgan fingerprint density at radius 3 is 2.67 bits per heavy atom. The van der Waals surface area contributed by atoms with E-state index < -0.39 is 17.9 Å². The van der Waals surface area contributed by atoms with Crippen LogP contribution in [0.2, 0.25) is 0 Å². The minimum Gasteiger partial charge on any atom is -0.480 e. The van der Waals surface area contributed by atoms with Crippen LogP contribution in [0.1, 0.15) is 30.1 Å². The van der Waals surface area contributed by atoms with Gasteiger partial charge in [0.1, 0.15) is 6.04 Å². The second-order valence-corrected chi connectivity index (χ2v) is 4.02. The Morgan fingerprint density at radius 1 is 1.50 bits per heavy atom. The second-order valence-electron chi connectivity index (χ2n) is 4.02. The first-order valence-electron chi connectivity index (χ1n) is 5.66. The molecular formula is C12H16N2O4. The molecule has 2 N–H and O–H groups in total. The monoisotopic (exact) mass is 252 g/mol. The van der Waals surface area contributed by atoms with Crippen LogP contribution in [-0.4, -0.2) is 27.6 Å². The summed E-state index contributed by atoms with van der Waals surface area (Å²) in [7, 11) is 1.57. The van der Waals surface area contributed by atoms with Gasteiger partial charge in [0, 0.05) is 24.9 Å². The first-order valence-corrected chi connectivity index (χ1v) is 5.66. The maximum Gasteiger partial charge on any atom is 0.326 e. The van der Waals surface area contributed by atoms with E-state index in [9.17, 15) is 14.4 Å². The molecule has 0 saturated carbocycles. The van der Waals surface area contributed by atoms with Crippen LogP contribution in [0, 0.1) is 0 Å². The topological polar surface area (TPSA) is 88.4 Å². The number of hydrogen-bond acceptors (Lipinski definition) is 3. The molecular weight excluding hydrogens is 236 g/mol. The molecule has 0 spiro atoms. The highest BCUT2D eigenvalue weighted by Crippen LogP contribution is 2.00. The van der Waals surface area contributed by atoms with Gasteiger partial charge in [-0.05, 0) is 12.5 Å². The molecule has 1 atom stereocenters. The Balaban J connectivity index is 2.83. The fraction of sp³-hybridized carbons (Fsp3) is 0.417. The Bertz CT molecular complexity index is 507. The molecule has 98 valence electrons. The van der Waals surface area contributed by atoms with Crippen molar-refractivity contribution in [3.05, 3.63) is 34.2 Å². The number of carbonyl (C=O) groups is 2. The third-order valence-corrected chi connectivity index (χ3v) is 2.55. The Hall–Kier alpha value is -2.11. The molecule has 0 aliphatic carbocycles. The van der Waals surface area contributed by atoms with E-state index >= 15 is 0 Å². The van der Waals surface area contributed by atoms with E-state index in [4.69, 9.17) is 5.11 Å². The lowest BCUT2D eigenvalue weighted by Gasteiger charge is -2.13. The molecule has 1 amide bonds. The molecule has 0 aliphatic heterocycles. The zero-order valence-corrected chi connectivity index (χ0v) is 10.3. The van der Waals surface area contributed by atoms with Crippen molar-refractivity contribution >= 4 is 11.9 Å². The molecule has 0 aromatic carbocycles. The number of nitrogens with zero attached hydrogens (tertiary/aromatic N) is 1. The molecule has 6 heteroatoms. The van der Waals surface area contributed by atoms with Gasteiger partial charge < -0.3 is 15.0 Å². The third-order valence-electron chi connectivity index (χ3n) is 2.55. The SMILES string of the molecule is CCC[C@H](NC(=O)c1ccn(C)c(=O)c1)C(=O)O. The van der Waals surface area contributed by atoms with Gasteiger partial charge in [-0.1, -0.05) is 13.3 Å². The smallest absolute Gasteiger partial charge is 0.326 e. The number of rotatable bonds is 5. The van der Waals surface area contributed by atoms with Crippen molar-refractivity contribution in [1.82, 2.24) is 9.88 Å². The summed E-state index contributed by atoms with van der Waals surface area (Å²) in [5, 5.41) is 11.3. The van der Waals surface area contributed by atoms with Gasteiger partial charge in [0.15, 0.2) is 0 Å². The molecule has 1 aromatic rings. The first kappa shape index (κ1) is 14.0. The van der Waals surface area contributed by atoms with Crippen molar-refractivity contribution in [2.24, 2.45) is 7.05 Å². The first-order chi connectivity index (χ1) is 8.45. The molecule has 0 unspecified atom stereocenters. The summed E-state index contributed by atoms with van der Waals surface area (Å²) < 4.78 is 1.33. The highest BCUT2D eigenvalue weighted by atomic mass is 16.4. The molecule has 18 heavy (non-hydrogen) atoms. The lowest BCUT2D eigenvalue weighted by Crippen LogP contribution is -2.41. The highest BCUT2D eigenvalue weighted by Gasteiger charge is 2.19. The van der Waals surface area contributed by atoms with E-state index in [1.54, 1.807) is 7.05 Å². The number of amides is 1. The van der Waals surface area contributed by atoms with Crippen LogP contribution in [0.15, 0.2) is 23.1 Å². The minimum absolute atomic E-state index is 0.167. The summed E-state index contributed by atoms with van der Waals surface area (Å²) in [6.45, 7) is 1.83. The van der Waals surface area contributed by atoms with Crippen LogP contribution in [-0.2, 0) is 11.8 Å². The number of aromatic nitrogens is 1. The highest BCUT2D eigenvalue weighted by molar-refractivity contribution is 5.96. The molecule has 1 rings (SSSR count). The quantitative estimate of drug-likeness (QED) is 0.792. The number of nitrogens with one attached hydrogen (secondary N) is 1. The van der Waals surface area contributed by atoms with Gasteiger partial charge in [-0.3, -0.25) is 9.59 Å². The average Bonchev–Trinajstić information content (AvgIpc) is 2.31. The van der Waals surface area contributed by atoms with E-state index in [0.29, 0.717) is 12.8 Å². The minimum atomic E-state index is -1.07. The summed E-state index contributed by atoms with van der Waals surface area (Å²) in [5.74, 6) is -1.62. The average molecular weight is 252 g/mol. The molecule has 1 aromatic heterocycles. The van der Waals surface area contributed by atoms with Gasteiger partial charge in [0.05, 0.1) is 0 Å². The lowest BCUT2D eigenvalue weighted by atomic mass is 10.1. The normalized spacial score (nSPS) is 11.9. The van der Waals surface area contributed by atoms with E-state index in [-0.39, 0.29) is 11.1 Å². The number of carboxylic acids is 1. The molecule has 0 fully saturated rings. The number of aryl methyl sites for hydroxylation is 1. The molecule has 0 bridgehead atoms. The number of aliphatic carboxylic acids is 1. The zero-order valence-electron chi connectivity index (χ0n) is 10.3. The Kier molecular flexibility index (Phi) is 4.65. The molecule has 1 heterocycles. The summed E-state index contributed by atoms with van der Waals surface area (Å²) >= 11 is 0. The second kappa shape index (κ2) is 6.00. The standard InChI is InChI=1S/C12H16N2O4/c1-3-4-9(12(17)18)13-11(16)8-5-6-14(2)10(15)7-8/h5-7,9H,3-4H2,1-2H3,(H,13,16)(H,17,18)/t9-/m0/s1. The van der Waals surface area contributed by atoms with E-state index in [2.05, 4.69) is 5.32 Å². The molecule has 6 nitrogen and oxygen atoms in total. The maximum absolute atomic E-state index is 11.8. The Labute approximate surface area is 104 Å². The number of carboxylic acid groups (broad SMARTS) is 1. The number of pyridine rings is 1. The van der Waals surface area contributed by atoms with Gasteiger partial charge in [0.25, 0.3) is 11.5 Å². The van der Waals surface area contributed by atoms with Crippen molar-refractivity contribution in [2.75, 3.05) is 0 Å². The molecule has 0 saturated heterocycles.